The van der Waals surface area contributed by atoms with E-state index in [0.717, 1.165) is 17.7 Å². The van der Waals surface area contributed by atoms with Gasteiger partial charge in [-0.05, 0) is 36.6 Å². The third-order valence-electron chi connectivity index (χ3n) is 2.18. The van der Waals surface area contributed by atoms with Crippen molar-refractivity contribution in [3.8, 4) is 5.75 Å². The second-order valence-corrected chi connectivity index (χ2v) is 3.30. The first kappa shape index (κ1) is 13.3. The zero-order chi connectivity index (χ0) is 9.84. The third-order valence-corrected chi connectivity index (χ3v) is 2.18. The van der Waals surface area contributed by atoms with Gasteiger partial charge in [0.05, 0.1) is 7.11 Å². The van der Waals surface area contributed by atoms with E-state index in [-0.39, 0.29) is 18.4 Å². The Morgan fingerprint density at radius 3 is 2.50 bits per heavy atom. The van der Waals surface area contributed by atoms with Crippen molar-refractivity contribution in [3.05, 3.63) is 29.3 Å². The maximum atomic E-state index is 5.93. The molecule has 0 aromatic heterocycles. The molecule has 0 amide bonds. The summed E-state index contributed by atoms with van der Waals surface area (Å²) >= 11 is 0. The highest BCUT2D eigenvalue weighted by molar-refractivity contribution is 5.85. The number of nitrogens with two attached hydrogens (primary N) is 1. The van der Waals surface area contributed by atoms with Gasteiger partial charge >= 0.3 is 0 Å². The van der Waals surface area contributed by atoms with Gasteiger partial charge in [0.25, 0.3) is 0 Å². The van der Waals surface area contributed by atoms with E-state index < -0.39 is 0 Å². The van der Waals surface area contributed by atoms with E-state index in [1.807, 2.05) is 12.1 Å². The minimum Gasteiger partial charge on any atom is -0.497 e. The topological polar surface area (TPSA) is 35.2 Å². The van der Waals surface area contributed by atoms with Crippen molar-refractivity contribution in [1.82, 2.24) is 0 Å². The Hall–Kier alpha value is -0.730. The molecule has 0 bridgehead atoms. The smallest absolute Gasteiger partial charge is 0.119 e. The van der Waals surface area contributed by atoms with Crippen LogP contribution in [0.2, 0.25) is 0 Å². The van der Waals surface area contributed by atoms with Crippen LogP contribution in [-0.4, -0.2) is 7.11 Å². The molecule has 0 fully saturated rings. The summed E-state index contributed by atoms with van der Waals surface area (Å²) in [5.41, 5.74) is 8.28. The van der Waals surface area contributed by atoms with Gasteiger partial charge in [-0.2, -0.15) is 0 Å². The van der Waals surface area contributed by atoms with Crippen LogP contribution in [0, 0.1) is 6.92 Å². The van der Waals surface area contributed by atoms with Gasteiger partial charge in [-0.3, -0.25) is 0 Å². The summed E-state index contributed by atoms with van der Waals surface area (Å²) in [5.74, 6) is 0.888. The predicted molar refractivity (Wildman–Crippen MR) is 62.2 cm³/mol. The summed E-state index contributed by atoms with van der Waals surface area (Å²) < 4.78 is 5.17. The first-order valence-electron chi connectivity index (χ1n) is 4.58. The highest BCUT2D eigenvalue weighted by Crippen LogP contribution is 2.21. The number of benzene rings is 1. The summed E-state index contributed by atoms with van der Waals surface area (Å²) in [6.45, 7) is 4.13. The van der Waals surface area contributed by atoms with Crippen LogP contribution in [0.1, 0.15) is 30.5 Å². The van der Waals surface area contributed by atoms with E-state index in [2.05, 4.69) is 19.9 Å². The minimum atomic E-state index is 0. The first-order chi connectivity index (χ1) is 6.17. The molecule has 80 valence electrons. The van der Waals surface area contributed by atoms with Crippen molar-refractivity contribution in [2.75, 3.05) is 7.11 Å². The van der Waals surface area contributed by atoms with Crippen LogP contribution < -0.4 is 10.5 Å². The van der Waals surface area contributed by atoms with Gasteiger partial charge < -0.3 is 10.5 Å². The summed E-state index contributed by atoms with van der Waals surface area (Å²) in [6.07, 6.45) is 0.951. The number of rotatable bonds is 3. The number of halogens is 1. The van der Waals surface area contributed by atoms with Gasteiger partial charge in [0, 0.05) is 6.04 Å². The summed E-state index contributed by atoms with van der Waals surface area (Å²) in [7, 11) is 1.68. The molecule has 3 heteroatoms. The van der Waals surface area contributed by atoms with Crippen LogP contribution in [0.3, 0.4) is 0 Å². The van der Waals surface area contributed by atoms with E-state index in [1.54, 1.807) is 7.11 Å². The average Bonchev–Trinajstić information content (AvgIpc) is 2.15. The lowest BCUT2D eigenvalue weighted by Crippen LogP contribution is -2.08. The van der Waals surface area contributed by atoms with Crippen molar-refractivity contribution >= 4 is 12.4 Å². The van der Waals surface area contributed by atoms with Crippen LogP contribution >= 0.6 is 12.4 Å². The van der Waals surface area contributed by atoms with E-state index in [9.17, 15) is 0 Å². The number of aryl methyl sites for hydroxylation is 1. The number of ether oxygens (including phenoxy) is 1. The molecule has 1 atom stereocenters. The van der Waals surface area contributed by atoms with Crippen LogP contribution in [0.15, 0.2) is 18.2 Å². The molecule has 0 aliphatic rings. The molecule has 1 rings (SSSR count). The van der Waals surface area contributed by atoms with Crippen LogP contribution in [0.5, 0.6) is 5.75 Å². The Kier molecular flexibility index (Phi) is 5.58. The van der Waals surface area contributed by atoms with Gasteiger partial charge in [0.1, 0.15) is 5.75 Å². The highest BCUT2D eigenvalue weighted by atomic mass is 35.5. The summed E-state index contributed by atoms with van der Waals surface area (Å²) in [4.78, 5) is 0. The fraction of sp³-hybridized carbons (Fsp3) is 0.455. The molecule has 1 aromatic rings. The van der Waals surface area contributed by atoms with Crippen molar-refractivity contribution in [2.45, 2.75) is 26.3 Å². The highest BCUT2D eigenvalue weighted by Gasteiger charge is 2.05. The SMILES string of the molecule is CCC(N)c1cc(C)cc(OC)c1.Cl. The molecular formula is C11H18ClNO. The maximum absolute atomic E-state index is 5.93. The Labute approximate surface area is 91.9 Å². The molecule has 0 saturated carbocycles. The molecule has 0 spiro atoms. The van der Waals surface area contributed by atoms with E-state index in [4.69, 9.17) is 10.5 Å². The quantitative estimate of drug-likeness (QED) is 0.842. The fourth-order valence-corrected chi connectivity index (χ4v) is 1.34. The lowest BCUT2D eigenvalue weighted by Gasteiger charge is -2.11. The van der Waals surface area contributed by atoms with Gasteiger partial charge in [-0.15, -0.1) is 12.4 Å². The fourth-order valence-electron chi connectivity index (χ4n) is 1.34. The predicted octanol–water partition coefficient (Wildman–Crippen LogP) is 2.84. The Morgan fingerprint density at radius 1 is 1.36 bits per heavy atom. The standard InChI is InChI=1S/C11H17NO.ClH/c1-4-11(12)9-5-8(2)6-10(7-9)13-3;/h5-7,11H,4,12H2,1-3H3;1H. The molecular weight excluding hydrogens is 198 g/mol. The molecule has 0 heterocycles. The zero-order valence-corrected chi connectivity index (χ0v) is 9.73. The number of hydrogen-bond acceptors (Lipinski definition) is 2. The number of hydrogen-bond donors (Lipinski definition) is 1. The van der Waals surface area contributed by atoms with Gasteiger partial charge in [-0.1, -0.05) is 13.0 Å². The molecule has 14 heavy (non-hydrogen) atoms. The first-order valence-corrected chi connectivity index (χ1v) is 4.58. The summed E-state index contributed by atoms with van der Waals surface area (Å²) in [6, 6.07) is 6.23. The summed E-state index contributed by atoms with van der Waals surface area (Å²) in [5, 5.41) is 0. The molecule has 0 aliphatic heterocycles. The van der Waals surface area contributed by atoms with E-state index in [0.29, 0.717) is 0 Å². The van der Waals surface area contributed by atoms with Crippen LogP contribution in [0.4, 0.5) is 0 Å². The molecule has 1 unspecified atom stereocenters. The van der Waals surface area contributed by atoms with Gasteiger partial charge in [0.15, 0.2) is 0 Å². The Balaban J connectivity index is 0.00000169. The minimum absolute atomic E-state index is 0. The lowest BCUT2D eigenvalue weighted by molar-refractivity contribution is 0.413. The third kappa shape index (κ3) is 3.20. The monoisotopic (exact) mass is 215 g/mol. The Morgan fingerprint density at radius 2 is 2.00 bits per heavy atom. The van der Waals surface area contributed by atoms with Gasteiger partial charge in [-0.25, -0.2) is 0 Å². The van der Waals surface area contributed by atoms with Crippen LogP contribution in [0.25, 0.3) is 0 Å². The average molecular weight is 216 g/mol. The second kappa shape index (κ2) is 5.89. The molecule has 2 nitrogen and oxygen atoms in total. The largest absolute Gasteiger partial charge is 0.497 e. The van der Waals surface area contributed by atoms with Gasteiger partial charge in [0.2, 0.25) is 0 Å². The van der Waals surface area contributed by atoms with Crippen molar-refractivity contribution in [3.63, 3.8) is 0 Å². The van der Waals surface area contributed by atoms with Crippen LogP contribution in [-0.2, 0) is 0 Å². The van der Waals surface area contributed by atoms with Crippen molar-refractivity contribution < 1.29 is 4.74 Å². The second-order valence-electron chi connectivity index (χ2n) is 3.30. The van der Waals surface area contributed by atoms with E-state index in [1.165, 1.54) is 5.56 Å². The molecule has 0 aliphatic carbocycles. The maximum Gasteiger partial charge on any atom is 0.119 e. The molecule has 1 aromatic carbocycles. The zero-order valence-electron chi connectivity index (χ0n) is 8.91. The molecule has 2 N–H and O–H groups in total. The van der Waals surface area contributed by atoms with Crippen molar-refractivity contribution in [1.29, 1.82) is 0 Å². The normalized spacial score (nSPS) is 11.7. The van der Waals surface area contributed by atoms with E-state index >= 15 is 0 Å². The lowest BCUT2D eigenvalue weighted by atomic mass is 10.0. The number of methoxy groups -OCH3 is 1. The molecule has 0 saturated heterocycles. The Bertz CT molecular complexity index is 289. The van der Waals surface area contributed by atoms with Crippen molar-refractivity contribution in [2.24, 2.45) is 5.73 Å². The molecule has 0 radical (unpaired) electrons.